The highest BCUT2D eigenvalue weighted by Crippen LogP contribution is 2.44. The molecule has 15 heteroatoms. The first-order valence-electron chi connectivity index (χ1n) is 8.19. The first-order chi connectivity index (χ1) is 13.7. The van der Waals surface area contributed by atoms with E-state index in [9.17, 15) is 36.2 Å². The molecule has 2 aromatic heterocycles. The Balaban J connectivity index is 0.000000396. The van der Waals surface area contributed by atoms with Gasteiger partial charge in [-0.05, 0) is 19.3 Å². The van der Waals surface area contributed by atoms with E-state index >= 15 is 0 Å². The van der Waals surface area contributed by atoms with Crippen LogP contribution in [0.4, 0.5) is 26.3 Å². The van der Waals surface area contributed by atoms with Gasteiger partial charge in [0.25, 0.3) is 0 Å². The van der Waals surface area contributed by atoms with Crippen LogP contribution in [-0.4, -0.2) is 52.9 Å². The maximum atomic E-state index is 12.7. The smallest absolute Gasteiger partial charge is 0.479 e. The lowest BCUT2D eigenvalue weighted by Gasteiger charge is -2.23. The normalized spacial score (nSPS) is 21.8. The molecule has 2 unspecified atom stereocenters. The summed E-state index contributed by atoms with van der Waals surface area (Å²) in [6.07, 6.45) is -5.12. The minimum atomic E-state index is -5.08. The quantitative estimate of drug-likeness (QED) is 0.699. The molecule has 0 aromatic carbocycles. The van der Waals surface area contributed by atoms with Gasteiger partial charge in [0.15, 0.2) is 11.2 Å². The van der Waals surface area contributed by atoms with Crippen LogP contribution in [0.1, 0.15) is 36.7 Å². The van der Waals surface area contributed by atoms with Crippen molar-refractivity contribution in [1.29, 1.82) is 0 Å². The molecule has 0 bridgehead atoms. The summed E-state index contributed by atoms with van der Waals surface area (Å²) in [5.41, 5.74) is -2.78. The van der Waals surface area contributed by atoms with E-state index in [2.05, 4.69) is 15.2 Å². The average molecular weight is 443 g/mol. The number of hydrogen-bond acceptors (Lipinski definition) is 5. The summed E-state index contributed by atoms with van der Waals surface area (Å²) < 4.78 is 71.6. The molecular formula is C15H15F6N5O4. The van der Waals surface area contributed by atoms with E-state index in [1.54, 1.807) is 24.0 Å². The number of aromatic nitrogens is 5. The summed E-state index contributed by atoms with van der Waals surface area (Å²) in [6.45, 7) is 0. The van der Waals surface area contributed by atoms with Crippen LogP contribution in [0.15, 0.2) is 18.6 Å². The summed E-state index contributed by atoms with van der Waals surface area (Å²) in [5.74, 6) is -3.46. The number of imidazole rings is 1. The molecule has 3 rings (SSSR count). The minimum absolute atomic E-state index is 0.0964. The van der Waals surface area contributed by atoms with Crippen LogP contribution in [-0.2, 0) is 28.4 Å². The first-order valence-corrected chi connectivity index (χ1v) is 8.19. The molecule has 166 valence electrons. The molecule has 2 N–H and O–H groups in total. The van der Waals surface area contributed by atoms with Crippen molar-refractivity contribution in [1.82, 2.24) is 24.5 Å². The molecule has 1 fully saturated rings. The molecule has 0 radical (unpaired) electrons. The summed E-state index contributed by atoms with van der Waals surface area (Å²) >= 11 is 0. The number of nitrogens with zero attached hydrogens (tertiary/aromatic N) is 5. The van der Waals surface area contributed by atoms with Gasteiger partial charge >= 0.3 is 24.3 Å². The SMILES string of the molecule is Cn1ccnc1C1CCC(C(=O)O)(n2ncc(C(F)(F)F)n2)C1.O=C(O)C(F)(F)F. The third kappa shape index (κ3) is 4.71. The van der Waals surface area contributed by atoms with Crippen molar-refractivity contribution < 1.29 is 46.1 Å². The van der Waals surface area contributed by atoms with Gasteiger partial charge in [-0.3, -0.25) is 0 Å². The van der Waals surface area contributed by atoms with Crippen molar-refractivity contribution in [3.05, 3.63) is 30.1 Å². The molecule has 2 heterocycles. The van der Waals surface area contributed by atoms with Gasteiger partial charge in [-0.25, -0.2) is 14.6 Å². The van der Waals surface area contributed by atoms with Crippen LogP contribution in [0.5, 0.6) is 0 Å². The lowest BCUT2D eigenvalue weighted by molar-refractivity contribution is -0.192. The molecule has 1 saturated carbocycles. The fourth-order valence-corrected chi connectivity index (χ4v) is 3.08. The van der Waals surface area contributed by atoms with Crippen molar-refractivity contribution >= 4 is 11.9 Å². The zero-order valence-electron chi connectivity index (χ0n) is 15.1. The third-order valence-corrected chi connectivity index (χ3v) is 4.52. The summed E-state index contributed by atoms with van der Waals surface area (Å²) in [7, 11) is 1.79. The predicted octanol–water partition coefficient (Wildman–Crippen LogP) is 2.41. The molecule has 1 aliphatic carbocycles. The lowest BCUT2D eigenvalue weighted by atomic mass is 9.96. The van der Waals surface area contributed by atoms with Crippen molar-refractivity contribution in [3.63, 3.8) is 0 Å². The number of alkyl halides is 6. The maximum Gasteiger partial charge on any atom is 0.490 e. The largest absolute Gasteiger partial charge is 0.490 e. The Kier molecular flexibility index (Phi) is 6.13. The van der Waals surface area contributed by atoms with Gasteiger partial charge in [0.05, 0.1) is 6.20 Å². The Hall–Kier alpha value is -3.13. The summed E-state index contributed by atoms with van der Waals surface area (Å²) in [4.78, 5) is 25.6. The number of hydrogen-bond donors (Lipinski definition) is 2. The molecule has 30 heavy (non-hydrogen) atoms. The van der Waals surface area contributed by atoms with Crippen molar-refractivity contribution in [2.45, 2.75) is 43.1 Å². The first kappa shape index (κ1) is 23.2. The van der Waals surface area contributed by atoms with E-state index in [-0.39, 0.29) is 18.8 Å². The Labute approximate surface area is 163 Å². The van der Waals surface area contributed by atoms with Gasteiger partial charge in [-0.1, -0.05) is 0 Å². The van der Waals surface area contributed by atoms with Gasteiger partial charge in [0, 0.05) is 25.4 Å². The standard InChI is InChI=1S/C13H14F3N5O2.C2HF3O2/c1-20-5-4-17-10(20)8-2-3-12(6-8,11(22)23)21-18-7-9(19-21)13(14,15)16;3-2(4,5)1(6)7/h4-5,7-8H,2-3,6H2,1H3,(H,22,23);(H,6,7). The maximum absolute atomic E-state index is 12.7. The van der Waals surface area contributed by atoms with Crippen LogP contribution in [0.25, 0.3) is 0 Å². The second kappa shape index (κ2) is 7.95. The second-order valence-electron chi connectivity index (χ2n) is 6.49. The number of halogens is 6. The highest BCUT2D eigenvalue weighted by Gasteiger charge is 2.51. The number of carboxylic acids is 2. The predicted molar refractivity (Wildman–Crippen MR) is 84.1 cm³/mol. The summed E-state index contributed by atoms with van der Waals surface area (Å²) in [5, 5.41) is 23.7. The fourth-order valence-electron chi connectivity index (χ4n) is 3.08. The van der Waals surface area contributed by atoms with Gasteiger partial charge < -0.3 is 14.8 Å². The third-order valence-electron chi connectivity index (χ3n) is 4.52. The van der Waals surface area contributed by atoms with Crippen molar-refractivity contribution in [2.24, 2.45) is 7.05 Å². The average Bonchev–Trinajstić information content (AvgIpc) is 3.32. The van der Waals surface area contributed by atoms with Crippen LogP contribution in [0, 0.1) is 0 Å². The van der Waals surface area contributed by atoms with Crippen LogP contribution in [0.3, 0.4) is 0 Å². The van der Waals surface area contributed by atoms with Crippen molar-refractivity contribution in [3.8, 4) is 0 Å². The number of aryl methyl sites for hydroxylation is 1. The molecule has 0 saturated heterocycles. The van der Waals surface area contributed by atoms with E-state index in [1.165, 1.54) is 0 Å². The Morgan fingerprint density at radius 1 is 1.20 bits per heavy atom. The molecular weight excluding hydrogens is 428 g/mol. The summed E-state index contributed by atoms with van der Waals surface area (Å²) in [6, 6.07) is 0. The van der Waals surface area contributed by atoms with E-state index in [1.807, 2.05) is 0 Å². The minimum Gasteiger partial charge on any atom is -0.479 e. The van der Waals surface area contributed by atoms with E-state index in [0.717, 1.165) is 0 Å². The van der Waals surface area contributed by atoms with E-state index in [4.69, 9.17) is 9.90 Å². The molecule has 0 aliphatic heterocycles. The lowest BCUT2D eigenvalue weighted by Crippen LogP contribution is -2.41. The zero-order chi connectivity index (χ0) is 22.9. The van der Waals surface area contributed by atoms with Gasteiger partial charge in [0.1, 0.15) is 5.82 Å². The number of carboxylic acid groups (broad SMARTS) is 2. The molecule has 9 nitrogen and oxygen atoms in total. The second-order valence-corrected chi connectivity index (χ2v) is 6.49. The monoisotopic (exact) mass is 443 g/mol. The highest BCUT2D eigenvalue weighted by molar-refractivity contribution is 5.77. The van der Waals surface area contributed by atoms with Gasteiger partial charge in [-0.2, -0.15) is 36.2 Å². The Morgan fingerprint density at radius 2 is 1.80 bits per heavy atom. The molecule has 1 aliphatic rings. The number of aliphatic carboxylic acids is 2. The number of rotatable bonds is 3. The van der Waals surface area contributed by atoms with Gasteiger partial charge in [0.2, 0.25) is 0 Å². The Bertz CT molecular complexity index is 921. The Morgan fingerprint density at radius 3 is 2.20 bits per heavy atom. The number of carbonyl (C=O) groups is 2. The molecule has 0 amide bonds. The molecule has 2 atom stereocenters. The zero-order valence-corrected chi connectivity index (χ0v) is 15.1. The van der Waals surface area contributed by atoms with Crippen LogP contribution in [0.2, 0.25) is 0 Å². The van der Waals surface area contributed by atoms with Gasteiger partial charge in [-0.15, -0.1) is 5.10 Å². The fraction of sp³-hybridized carbons (Fsp3) is 0.533. The van der Waals surface area contributed by atoms with Crippen LogP contribution >= 0.6 is 0 Å². The van der Waals surface area contributed by atoms with Crippen LogP contribution < -0.4 is 0 Å². The molecule has 2 aromatic rings. The van der Waals surface area contributed by atoms with E-state index in [0.29, 0.717) is 23.2 Å². The topological polar surface area (TPSA) is 123 Å². The van der Waals surface area contributed by atoms with Crippen molar-refractivity contribution in [2.75, 3.05) is 0 Å². The highest BCUT2D eigenvalue weighted by atomic mass is 19.4. The van der Waals surface area contributed by atoms with E-state index < -0.39 is 35.5 Å². The molecule has 0 spiro atoms.